The van der Waals surface area contributed by atoms with E-state index >= 15 is 0 Å². The molecule has 1 amide bonds. The predicted molar refractivity (Wildman–Crippen MR) is 68.7 cm³/mol. The van der Waals surface area contributed by atoms with E-state index < -0.39 is 6.09 Å². The highest BCUT2D eigenvalue weighted by molar-refractivity contribution is 5.64. The van der Waals surface area contributed by atoms with Gasteiger partial charge in [-0.05, 0) is 24.3 Å². The van der Waals surface area contributed by atoms with Gasteiger partial charge in [0.2, 0.25) is 0 Å². The van der Waals surface area contributed by atoms with Gasteiger partial charge in [-0.25, -0.2) is 9.48 Å². The summed E-state index contributed by atoms with van der Waals surface area (Å²) in [4.78, 5) is 10.4. The topological polar surface area (TPSA) is 104 Å². The van der Waals surface area contributed by atoms with E-state index in [1.165, 1.54) is 4.68 Å². The van der Waals surface area contributed by atoms with Gasteiger partial charge in [-0.15, -0.1) is 5.10 Å². The average molecular weight is 267 g/mol. The van der Waals surface area contributed by atoms with Crippen LogP contribution in [-0.2, 0) is 6.54 Å². The SMILES string of the molecule is N#CC#Cc1ccc(-n2cc(CNC(=O)O)nn2)cc1. The van der Waals surface area contributed by atoms with Gasteiger partial charge < -0.3 is 10.4 Å². The number of carbonyl (C=O) groups is 1. The third kappa shape index (κ3) is 3.34. The van der Waals surface area contributed by atoms with Crippen LogP contribution < -0.4 is 5.32 Å². The molecular weight excluding hydrogens is 258 g/mol. The van der Waals surface area contributed by atoms with Gasteiger partial charge in [-0.3, -0.25) is 0 Å². The van der Waals surface area contributed by atoms with Crippen LogP contribution in [0.1, 0.15) is 11.3 Å². The van der Waals surface area contributed by atoms with Crippen molar-refractivity contribution in [3.63, 3.8) is 0 Å². The van der Waals surface area contributed by atoms with E-state index in [-0.39, 0.29) is 6.54 Å². The smallest absolute Gasteiger partial charge is 0.404 e. The molecule has 2 aromatic rings. The standard InChI is InChI=1S/C13H9N5O2/c14-7-1-2-10-3-5-12(6-4-10)18-9-11(16-17-18)8-15-13(19)20/h3-6,9,15H,8H2,(H,19,20). The molecule has 0 aliphatic carbocycles. The third-order valence-electron chi connectivity index (χ3n) is 2.36. The van der Waals surface area contributed by atoms with Crippen LogP contribution in [0.3, 0.4) is 0 Å². The van der Waals surface area contributed by atoms with E-state index in [9.17, 15) is 4.79 Å². The molecule has 0 atom stereocenters. The molecular formula is C13H9N5O2. The first-order valence-corrected chi connectivity index (χ1v) is 5.57. The number of rotatable bonds is 3. The van der Waals surface area contributed by atoms with E-state index in [0.29, 0.717) is 5.69 Å². The fourth-order valence-corrected chi connectivity index (χ4v) is 1.47. The summed E-state index contributed by atoms with van der Waals surface area (Å²) in [6, 6.07) is 8.83. The first-order valence-electron chi connectivity index (χ1n) is 5.57. The Kier molecular flexibility index (Phi) is 3.95. The molecule has 1 aromatic carbocycles. The zero-order chi connectivity index (χ0) is 14.4. The molecule has 20 heavy (non-hydrogen) atoms. The summed E-state index contributed by atoms with van der Waals surface area (Å²) in [6.45, 7) is 0.0983. The maximum Gasteiger partial charge on any atom is 0.404 e. The van der Waals surface area contributed by atoms with Crippen molar-refractivity contribution >= 4 is 6.09 Å². The molecule has 0 radical (unpaired) electrons. The lowest BCUT2D eigenvalue weighted by Crippen LogP contribution is -2.20. The van der Waals surface area contributed by atoms with Crippen molar-refractivity contribution < 1.29 is 9.90 Å². The number of hydrogen-bond acceptors (Lipinski definition) is 4. The molecule has 0 fully saturated rings. The number of nitriles is 1. The molecule has 7 nitrogen and oxygen atoms in total. The molecule has 2 N–H and O–H groups in total. The van der Waals surface area contributed by atoms with Crippen molar-refractivity contribution in [1.29, 1.82) is 5.26 Å². The van der Waals surface area contributed by atoms with Gasteiger partial charge in [0.25, 0.3) is 0 Å². The Morgan fingerprint density at radius 3 is 2.80 bits per heavy atom. The predicted octanol–water partition coefficient (Wildman–Crippen LogP) is 0.910. The zero-order valence-electron chi connectivity index (χ0n) is 10.2. The van der Waals surface area contributed by atoms with Crippen LogP contribution in [0.2, 0.25) is 0 Å². The van der Waals surface area contributed by atoms with Crippen LogP contribution in [0.25, 0.3) is 5.69 Å². The molecule has 0 spiro atoms. The third-order valence-corrected chi connectivity index (χ3v) is 2.36. The minimum Gasteiger partial charge on any atom is -0.465 e. The Hall–Kier alpha value is -3.32. The second-order valence-electron chi connectivity index (χ2n) is 3.72. The van der Waals surface area contributed by atoms with Crippen molar-refractivity contribution in [2.24, 2.45) is 0 Å². The van der Waals surface area contributed by atoms with Crippen molar-refractivity contribution in [3.05, 3.63) is 41.7 Å². The van der Waals surface area contributed by atoms with Crippen molar-refractivity contribution in [1.82, 2.24) is 20.3 Å². The van der Waals surface area contributed by atoms with Crippen molar-refractivity contribution in [2.45, 2.75) is 6.54 Å². The Bertz CT molecular complexity index is 716. The molecule has 7 heteroatoms. The molecule has 98 valence electrons. The number of hydrogen-bond donors (Lipinski definition) is 2. The lowest BCUT2D eigenvalue weighted by Gasteiger charge is -1.99. The summed E-state index contributed by atoms with van der Waals surface area (Å²) in [7, 11) is 0. The number of nitrogens with zero attached hydrogens (tertiary/aromatic N) is 4. The molecule has 0 unspecified atom stereocenters. The molecule has 2 rings (SSSR count). The maximum atomic E-state index is 10.4. The van der Waals surface area contributed by atoms with Gasteiger partial charge in [0.1, 0.15) is 5.69 Å². The molecule has 0 saturated carbocycles. The van der Waals surface area contributed by atoms with E-state index in [1.54, 1.807) is 36.5 Å². The largest absolute Gasteiger partial charge is 0.465 e. The molecule has 1 heterocycles. The number of nitrogens with one attached hydrogen (secondary N) is 1. The quantitative estimate of drug-likeness (QED) is 0.804. The molecule has 0 bridgehead atoms. The zero-order valence-corrected chi connectivity index (χ0v) is 10.2. The van der Waals surface area contributed by atoms with Gasteiger partial charge in [0.05, 0.1) is 18.4 Å². The number of amides is 1. The average Bonchev–Trinajstić information content (AvgIpc) is 2.92. The van der Waals surface area contributed by atoms with Crippen LogP contribution in [0.4, 0.5) is 4.79 Å². The number of carboxylic acid groups (broad SMARTS) is 1. The summed E-state index contributed by atoms with van der Waals surface area (Å²) < 4.78 is 1.53. The summed E-state index contributed by atoms with van der Waals surface area (Å²) in [5, 5.41) is 26.8. The lowest BCUT2D eigenvalue weighted by molar-refractivity contribution is 0.194. The van der Waals surface area contributed by atoms with Gasteiger partial charge in [-0.1, -0.05) is 11.1 Å². The first kappa shape index (κ1) is 13.1. The van der Waals surface area contributed by atoms with Gasteiger partial charge in [0.15, 0.2) is 6.07 Å². The highest BCUT2D eigenvalue weighted by atomic mass is 16.4. The Morgan fingerprint density at radius 1 is 1.40 bits per heavy atom. The Labute approximate surface area is 114 Å². The van der Waals surface area contributed by atoms with Gasteiger partial charge in [0, 0.05) is 11.5 Å². The van der Waals surface area contributed by atoms with Crippen molar-refractivity contribution in [2.75, 3.05) is 0 Å². The van der Waals surface area contributed by atoms with Crippen LogP contribution >= 0.6 is 0 Å². The lowest BCUT2D eigenvalue weighted by atomic mass is 10.2. The molecule has 1 aromatic heterocycles. The van der Waals surface area contributed by atoms with Gasteiger partial charge in [-0.2, -0.15) is 5.26 Å². The number of benzene rings is 1. The second-order valence-corrected chi connectivity index (χ2v) is 3.72. The van der Waals surface area contributed by atoms with Crippen LogP contribution in [0, 0.1) is 23.2 Å². The van der Waals surface area contributed by atoms with Crippen LogP contribution in [0.5, 0.6) is 0 Å². The summed E-state index contributed by atoms with van der Waals surface area (Å²) in [5.41, 5.74) is 2.01. The molecule has 0 aliphatic rings. The summed E-state index contributed by atoms with van der Waals surface area (Å²) in [6.07, 6.45) is 0.520. The monoisotopic (exact) mass is 267 g/mol. The highest BCUT2D eigenvalue weighted by Gasteiger charge is 2.04. The van der Waals surface area contributed by atoms with E-state index in [1.807, 2.05) is 0 Å². The van der Waals surface area contributed by atoms with E-state index in [0.717, 1.165) is 11.3 Å². The number of aromatic nitrogens is 3. The fraction of sp³-hybridized carbons (Fsp3) is 0.0769. The van der Waals surface area contributed by atoms with Crippen molar-refractivity contribution in [3.8, 4) is 23.6 Å². The summed E-state index contributed by atoms with van der Waals surface area (Å²) >= 11 is 0. The van der Waals surface area contributed by atoms with E-state index in [2.05, 4.69) is 27.5 Å². The molecule has 0 aliphatic heterocycles. The minimum absolute atomic E-state index is 0.0983. The van der Waals surface area contributed by atoms with E-state index in [4.69, 9.17) is 10.4 Å². The highest BCUT2D eigenvalue weighted by Crippen LogP contribution is 2.08. The maximum absolute atomic E-state index is 10.4. The Balaban J connectivity index is 2.12. The summed E-state index contributed by atoms with van der Waals surface area (Å²) in [5.74, 6) is 4.99. The minimum atomic E-state index is -1.11. The van der Waals surface area contributed by atoms with Crippen LogP contribution in [-0.4, -0.2) is 26.2 Å². The normalized spacial score (nSPS) is 9.15. The fourth-order valence-electron chi connectivity index (χ4n) is 1.47. The van der Waals surface area contributed by atoms with Gasteiger partial charge >= 0.3 is 6.09 Å². The first-order chi connectivity index (χ1) is 9.69. The molecule has 0 saturated heterocycles. The van der Waals surface area contributed by atoms with Crippen LogP contribution in [0.15, 0.2) is 30.5 Å². The Morgan fingerprint density at radius 2 is 2.15 bits per heavy atom. The second kappa shape index (κ2) is 6.03.